The molecular formula is C15H23IN4O3S2. The molecule has 0 unspecified atom stereocenters. The lowest BCUT2D eigenvalue weighted by atomic mass is 10.4. The maximum absolute atomic E-state index is 12.1. The van der Waals surface area contributed by atoms with E-state index in [2.05, 4.69) is 15.6 Å². The van der Waals surface area contributed by atoms with Crippen LogP contribution < -0.4 is 10.6 Å². The molecule has 2 N–H and O–H groups in total. The Bertz CT molecular complexity index is 771. The molecule has 0 atom stereocenters. The van der Waals surface area contributed by atoms with Gasteiger partial charge in [-0.3, -0.25) is 0 Å². The van der Waals surface area contributed by atoms with Crippen molar-refractivity contribution >= 4 is 51.3 Å². The summed E-state index contributed by atoms with van der Waals surface area (Å²) in [5.41, 5.74) is 0. The Hall–Kier alpha value is -1.11. The summed E-state index contributed by atoms with van der Waals surface area (Å²) in [6.07, 6.45) is 1.61. The molecule has 0 aliphatic carbocycles. The lowest BCUT2D eigenvalue weighted by Crippen LogP contribution is -2.36. The number of rotatable bonds is 7. The first-order valence-corrected chi connectivity index (χ1v) is 9.75. The molecule has 0 aromatic carbocycles. The van der Waals surface area contributed by atoms with Gasteiger partial charge in [0.2, 0.25) is 0 Å². The topological polar surface area (TPSA) is 86.9 Å². The number of aliphatic imine (C=N–C) groups is 1. The first kappa shape index (κ1) is 21.9. The SMILES string of the molecule is CCNC(=NCc1ccco1)NCc1ccc(S(=O)(=O)N(C)C)s1.I. The van der Waals surface area contributed by atoms with Crippen molar-refractivity contribution in [3.63, 3.8) is 0 Å². The molecule has 0 saturated heterocycles. The quantitative estimate of drug-likeness (QED) is 0.348. The van der Waals surface area contributed by atoms with Crippen molar-refractivity contribution in [2.24, 2.45) is 4.99 Å². The van der Waals surface area contributed by atoms with E-state index in [1.54, 1.807) is 12.3 Å². The summed E-state index contributed by atoms with van der Waals surface area (Å²) in [5, 5.41) is 6.34. The molecule has 0 bridgehead atoms. The van der Waals surface area contributed by atoms with E-state index in [0.29, 0.717) is 23.3 Å². The number of nitrogens with one attached hydrogen (secondary N) is 2. The average Bonchev–Trinajstić information content (AvgIpc) is 3.21. The third-order valence-corrected chi connectivity index (χ3v) is 6.49. The summed E-state index contributed by atoms with van der Waals surface area (Å²) in [5.74, 6) is 1.43. The Morgan fingerprint density at radius 2 is 2.04 bits per heavy atom. The zero-order valence-corrected chi connectivity index (χ0v) is 18.3. The highest BCUT2D eigenvalue weighted by Crippen LogP contribution is 2.23. The van der Waals surface area contributed by atoms with Gasteiger partial charge in [-0.25, -0.2) is 17.7 Å². The Kier molecular flexibility index (Phi) is 8.89. The second kappa shape index (κ2) is 10.1. The standard InChI is InChI=1S/C15H22N4O3S2.HI/c1-4-16-15(17-10-12-6-5-9-22-12)18-11-13-7-8-14(23-13)24(20,21)19(2)3;/h5-9H,4,10-11H2,1-3H3,(H2,16,17,18);1H. The van der Waals surface area contributed by atoms with E-state index in [1.807, 2.05) is 25.1 Å². The first-order chi connectivity index (χ1) is 11.4. The smallest absolute Gasteiger partial charge is 0.252 e. The van der Waals surface area contributed by atoms with Crippen LogP contribution in [0.5, 0.6) is 0 Å². The van der Waals surface area contributed by atoms with Gasteiger partial charge in [0.1, 0.15) is 16.5 Å². The van der Waals surface area contributed by atoms with Crippen LogP contribution in [-0.2, 0) is 23.1 Å². The largest absolute Gasteiger partial charge is 0.467 e. The number of nitrogens with zero attached hydrogens (tertiary/aromatic N) is 2. The molecule has 0 aliphatic rings. The molecule has 25 heavy (non-hydrogen) atoms. The number of hydrogen-bond acceptors (Lipinski definition) is 5. The summed E-state index contributed by atoms with van der Waals surface area (Å²) >= 11 is 1.25. The summed E-state index contributed by atoms with van der Waals surface area (Å²) < 4.78 is 31.0. The van der Waals surface area contributed by atoms with Crippen LogP contribution in [0.2, 0.25) is 0 Å². The first-order valence-electron chi connectivity index (χ1n) is 7.49. The van der Waals surface area contributed by atoms with Gasteiger partial charge in [0.15, 0.2) is 5.96 Å². The lowest BCUT2D eigenvalue weighted by molar-refractivity contribution is 0.512. The highest BCUT2D eigenvalue weighted by molar-refractivity contribution is 14.0. The van der Waals surface area contributed by atoms with Gasteiger partial charge in [-0.05, 0) is 31.2 Å². The summed E-state index contributed by atoms with van der Waals surface area (Å²) in [6, 6.07) is 7.13. The minimum absolute atomic E-state index is 0. The predicted octanol–water partition coefficient (Wildman–Crippen LogP) is 2.46. The molecule has 0 amide bonds. The van der Waals surface area contributed by atoms with Gasteiger partial charge < -0.3 is 15.1 Å². The summed E-state index contributed by atoms with van der Waals surface area (Å²) in [4.78, 5) is 5.35. The predicted molar refractivity (Wildman–Crippen MR) is 111 cm³/mol. The average molecular weight is 498 g/mol. The van der Waals surface area contributed by atoms with Crippen molar-refractivity contribution in [1.82, 2.24) is 14.9 Å². The minimum Gasteiger partial charge on any atom is -0.467 e. The molecule has 0 radical (unpaired) electrons. The number of furan rings is 1. The maximum Gasteiger partial charge on any atom is 0.252 e. The monoisotopic (exact) mass is 498 g/mol. The number of guanidine groups is 1. The van der Waals surface area contributed by atoms with Gasteiger partial charge in [-0.15, -0.1) is 35.3 Å². The normalized spacial score (nSPS) is 12.1. The third-order valence-electron chi connectivity index (χ3n) is 3.12. The lowest BCUT2D eigenvalue weighted by Gasteiger charge is -2.10. The van der Waals surface area contributed by atoms with Gasteiger partial charge in [-0.2, -0.15) is 0 Å². The molecule has 0 spiro atoms. The van der Waals surface area contributed by atoms with Crippen LogP contribution in [0.4, 0.5) is 0 Å². The molecule has 10 heteroatoms. The van der Waals surface area contributed by atoms with E-state index in [-0.39, 0.29) is 24.0 Å². The van der Waals surface area contributed by atoms with E-state index in [0.717, 1.165) is 17.2 Å². The van der Waals surface area contributed by atoms with E-state index in [1.165, 1.54) is 29.7 Å². The van der Waals surface area contributed by atoms with E-state index >= 15 is 0 Å². The van der Waals surface area contributed by atoms with Crippen molar-refractivity contribution in [3.8, 4) is 0 Å². The molecule has 0 fully saturated rings. The zero-order chi connectivity index (χ0) is 17.6. The van der Waals surface area contributed by atoms with Crippen LogP contribution in [0.15, 0.2) is 44.1 Å². The maximum atomic E-state index is 12.1. The van der Waals surface area contributed by atoms with Crippen molar-refractivity contribution in [3.05, 3.63) is 41.2 Å². The number of thiophene rings is 1. The van der Waals surface area contributed by atoms with Gasteiger partial charge in [0.25, 0.3) is 10.0 Å². The molecule has 2 heterocycles. The number of halogens is 1. The highest BCUT2D eigenvalue weighted by Gasteiger charge is 2.19. The zero-order valence-electron chi connectivity index (χ0n) is 14.4. The summed E-state index contributed by atoms with van der Waals surface area (Å²) in [6.45, 7) is 3.65. The summed E-state index contributed by atoms with van der Waals surface area (Å²) in [7, 11) is -0.328. The van der Waals surface area contributed by atoms with Crippen LogP contribution in [0.25, 0.3) is 0 Å². The van der Waals surface area contributed by atoms with Crippen molar-refractivity contribution in [1.29, 1.82) is 0 Å². The van der Waals surface area contributed by atoms with E-state index < -0.39 is 10.0 Å². The minimum atomic E-state index is -3.38. The van der Waals surface area contributed by atoms with Crippen LogP contribution in [-0.4, -0.2) is 39.3 Å². The second-order valence-electron chi connectivity index (χ2n) is 5.14. The number of hydrogen-bond donors (Lipinski definition) is 2. The molecular weight excluding hydrogens is 475 g/mol. The Morgan fingerprint density at radius 1 is 1.28 bits per heavy atom. The van der Waals surface area contributed by atoms with Crippen LogP contribution >= 0.6 is 35.3 Å². The fraction of sp³-hybridized carbons (Fsp3) is 0.400. The van der Waals surface area contributed by atoms with Crippen LogP contribution in [0, 0.1) is 0 Å². The van der Waals surface area contributed by atoms with E-state index in [9.17, 15) is 8.42 Å². The Balaban J connectivity index is 0.00000312. The highest BCUT2D eigenvalue weighted by atomic mass is 127. The number of sulfonamides is 1. The van der Waals surface area contributed by atoms with Gasteiger partial charge in [0.05, 0.1) is 12.8 Å². The Morgan fingerprint density at radius 3 is 2.64 bits per heavy atom. The van der Waals surface area contributed by atoms with Gasteiger partial charge in [0, 0.05) is 25.5 Å². The Labute approximate surface area is 169 Å². The molecule has 2 aromatic heterocycles. The fourth-order valence-electron chi connectivity index (χ4n) is 1.84. The van der Waals surface area contributed by atoms with Crippen molar-refractivity contribution in [2.45, 2.75) is 24.2 Å². The molecule has 2 aromatic rings. The van der Waals surface area contributed by atoms with Gasteiger partial charge >= 0.3 is 0 Å². The van der Waals surface area contributed by atoms with Crippen molar-refractivity contribution < 1.29 is 12.8 Å². The van der Waals surface area contributed by atoms with Gasteiger partial charge in [-0.1, -0.05) is 0 Å². The second-order valence-corrected chi connectivity index (χ2v) is 8.68. The fourth-order valence-corrected chi connectivity index (χ4v) is 4.31. The molecule has 7 nitrogen and oxygen atoms in total. The van der Waals surface area contributed by atoms with E-state index in [4.69, 9.17) is 4.42 Å². The molecule has 0 aliphatic heterocycles. The molecule has 0 saturated carbocycles. The van der Waals surface area contributed by atoms with Crippen molar-refractivity contribution in [2.75, 3.05) is 20.6 Å². The third kappa shape index (κ3) is 6.28. The molecule has 140 valence electrons. The molecule has 2 rings (SSSR count). The van der Waals surface area contributed by atoms with Crippen LogP contribution in [0.1, 0.15) is 17.6 Å². The van der Waals surface area contributed by atoms with Crippen LogP contribution in [0.3, 0.4) is 0 Å².